The smallest absolute Gasteiger partial charge is 0.409 e. The van der Waals surface area contributed by atoms with Gasteiger partial charge in [0.15, 0.2) is 0 Å². The number of carbonyl (C=O) groups is 3. The van der Waals surface area contributed by atoms with E-state index in [0.29, 0.717) is 30.7 Å². The van der Waals surface area contributed by atoms with Crippen molar-refractivity contribution in [1.82, 2.24) is 10.2 Å². The quantitative estimate of drug-likeness (QED) is 0.699. The monoisotopic (exact) mass is 412 g/mol. The summed E-state index contributed by atoms with van der Waals surface area (Å²) in [7, 11) is 1.65. The van der Waals surface area contributed by atoms with Crippen LogP contribution in [0.5, 0.6) is 5.75 Å². The lowest BCUT2D eigenvalue weighted by Gasteiger charge is -2.17. The number of nitrogens with one attached hydrogen (secondary N) is 1. The molecule has 7 nitrogen and oxygen atoms in total. The van der Waals surface area contributed by atoms with Crippen LogP contribution in [0.2, 0.25) is 0 Å². The van der Waals surface area contributed by atoms with Gasteiger partial charge in [-0.1, -0.05) is 42.5 Å². The summed E-state index contributed by atoms with van der Waals surface area (Å²) in [5.41, 5.74) is 1.97. The van der Waals surface area contributed by atoms with Gasteiger partial charge in [-0.2, -0.15) is 0 Å². The number of nitrogens with zero attached hydrogens (tertiary/aromatic N) is 1. The van der Waals surface area contributed by atoms with Crippen LogP contribution in [0.3, 0.4) is 0 Å². The molecule has 0 aliphatic carbocycles. The molecule has 1 saturated heterocycles. The van der Waals surface area contributed by atoms with Gasteiger partial charge in [0.25, 0.3) is 5.24 Å². The van der Waals surface area contributed by atoms with Gasteiger partial charge in [0, 0.05) is 18.8 Å². The van der Waals surface area contributed by atoms with Crippen molar-refractivity contribution in [3.05, 3.63) is 71.4 Å². The highest BCUT2D eigenvalue weighted by Gasteiger charge is 2.25. The Hall–Kier alpha value is -3.26. The average Bonchev–Trinajstić information content (AvgIpc) is 3.04. The Kier molecular flexibility index (Phi) is 6.91. The van der Waals surface area contributed by atoms with Crippen LogP contribution in [-0.2, 0) is 16.1 Å². The first-order chi connectivity index (χ1) is 14.0. The summed E-state index contributed by atoms with van der Waals surface area (Å²) < 4.78 is 10.9. The molecule has 0 bridgehead atoms. The van der Waals surface area contributed by atoms with E-state index >= 15 is 0 Å². The number of thioether (sulfide) groups is 1. The molecule has 150 valence electrons. The van der Waals surface area contributed by atoms with Crippen molar-refractivity contribution < 1.29 is 23.9 Å². The van der Waals surface area contributed by atoms with Crippen LogP contribution < -0.4 is 10.1 Å². The van der Waals surface area contributed by atoms with E-state index in [1.807, 2.05) is 30.3 Å². The Balaban J connectivity index is 1.42. The number of likely N-dealkylation sites (N-methyl/N-ethyl adjacent to an activating group) is 1. The fourth-order valence-electron chi connectivity index (χ4n) is 2.47. The highest BCUT2D eigenvalue weighted by molar-refractivity contribution is 8.27. The van der Waals surface area contributed by atoms with Gasteiger partial charge in [0.2, 0.25) is 5.12 Å². The van der Waals surface area contributed by atoms with Crippen molar-refractivity contribution in [3.63, 3.8) is 0 Å². The second-order valence-electron chi connectivity index (χ2n) is 6.24. The van der Waals surface area contributed by atoms with Crippen molar-refractivity contribution in [2.24, 2.45) is 0 Å². The average molecular weight is 412 g/mol. The number of benzene rings is 2. The lowest BCUT2D eigenvalue weighted by molar-refractivity contribution is -0.107. The van der Waals surface area contributed by atoms with Gasteiger partial charge in [0.1, 0.15) is 19.0 Å². The normalized spacial score (nSPS) is 14.6. The Morgan fingerprint density at radius 1 is 1.10 bits per heavy atom. The van der Waals surface area contributed by atoms with E-state index in [2.05, 4.69) is 5.32 Å². The third kappa shape index (κ3) is 6.11. The van der Waals surface area contributed by atoms with E-state index in [-0.39, 0.29) is 22.7 Å². The summed E-state index contributed by atoms with van der Waals surface area (Å²) in [4.78, 5) is 36.2. The predicted octanol–water partition coefficient (Wildman–Crippen LogP) is 3.66. The van der Waals surface area contributed by atoms with Crippen molar-refractivity contribution in [3.8, 4) is 5.75 Å². The van der Waals surface area contributed by atoms with Crippen LogP contribution in [0.15, 0.2) is 60.3 Å². The fraction of sp³-hybridized carbons (Fsp3) is 0.190. The van der Waals surface area contributed by atoms with Gasteiger partial charge in [-0.15, -0.1) is 0 Å². The lowest BCUT2D eigenvalue weighted by atomic mass is 10.2. The minimum atomic E-state index is -0.416. The van der Waals surface area contributed by atoms with E-state index in [0.717, 1.165) is 11.1 Å². The number of rotatable bonds is 7. The third-order valence-corrected chi connectivity index (χ3v) is 4.74. The highest BCUT2D eigenvalue weighted by Crippen LogP contribution is 2.21. The van der Waals surface area contributed by atoms with Gasteiger partial charge in [-0.25, -0.2) is 4.79 Å². The summed E-state index contributed by atoms with van der Waals surface area (Å²) in [5.74, 6) is 0.634. The zero-order chi connectivity index (χ0) is 20.6. The standard InChI is InChI=1S/C21H20N2O5S/c1-23(21(26)28-14-16-5-3-2-4-6-16)11-12-27-17-9-7-15(8-10-17)13-18-19(24)29-20(25)22-18/h2-10,13H,11-12,14H2,1H3,(H,22,25). The predicted molar refractivity (Wildman–Crippen MR) is 110 cm³/mol. The van der Waals surface area contributed by atoms with E-state index < -0.39 is 6.09 Å². The zero-order valence-electron chi connectivity index (χ0n) is 15.8. The Morgan fingerprint density at radius 3 is 2.48 bits per heavy atom. The molecule has 8 heteroatoms. The molecule has 2 aromatic carbocycles. The maximum absolute atomic E-state index is 12.0. The van der Waals surface area contributed by atoms with Gasteiger partial charge >= 0.3 is 6.09 Å². The molecular formula is C21H20N2O5S. The molecule has 0 aromatic heterocycles. The van der Waals surface area contributed by atoms with Crippen LogP contribution in [0.1, 0.15) is 11.1 Å². The maximum atomic E-state index is 12.0. The number of amides is 2. The van der Waals surface area contributed by atoms with E-state index in [4.69, 9.17) is 9.47 Å². The minimum Gasteiger partial charge on any atom is -0.492 e. The summed E-state index contributed by atoms with van der Waals surface area (Å²) in [6.45, 7) is 0.906. The summed E-state index contributed by atoms with van der Waals surface area (Å²) >= 11 is 0.645. The van der Waals surface area contributed by atoms with Crippen molar-refractivity contribution >= 4 is 34.3 Å². The van der Waals surface area contributed by atoms with E-state index in [9.17, 15) is 14.4 Å². The Bertz CT molecular complexity index is 912. The summed E-state index contributed by atoms with van der Waals surface area (Å²) in [6.07, 6.45) is 1.20. The summed E-state index contributed by atoms with van der Waals surface area (Å²) in [5, 5.41) is 1.84. The van der Waals surface area contributed by atoms with Gasteiger partial charge in [0.05, 0.1) is 12.2 Å². The molecule has 2 aromatic rings. The van der Waals surface area contributed by atoms with Crippen molar-refractivity contribution in [2.75, 3.05) is 20.2 Å². The SMILES string of the molecule is CN(CCOc1ccc(C=C2NC(=O)SC2=O)cc1)C(=O)OCc1ccccc1. The molecule has 1 heterocycles. The molecule has 3 rings (SSSR count). The molecule has 0 radical (unpaired) electrons. The van der Waals surface area contributed by atoms with Crippen molar-refractivity contribution in [1.29, 1.82) is 0 Å². The van der Waals surface area contributed by atoms with Gasteiger partial charge in [-0.05, 0) is 29.3 Å². The molecule has 1 aliphatic rings. The zero-order valence-corrected chi connectivity index (χ0v) is 16.6. The molecule has 1 N–H and O–H groups in total. The van der Waals surface area contributed by atoms with Gasteiger partial charge in [-0.3, -0.25) is 9.59 Å². The number of carbonyl (C=O) groups excluding carboxylic acids is 3. The van der Waals surface area contributed by atoms with Crippen molar-refractivity contribution in [2.45, 2.75) is 6.61 Å². The van der Waals surface area contributed by atoms with E-state index in [1.165, 1.54) is 4.90 Å². The topological polar surface area (TPSA) is 84.9 Å². The molecule has 1 fully saturated rings. The number of hydrogen-bond acceptors (Lipinski definition) is 6. The molecule has 0 saturated carbocycles. The first-order valence-electron chi connectivity index (χ1n) is 8.91. The molecule has 0 spiro atoms. The van der Waals surface area contributed by atoms with Crippen LogP contribution in [0.4, 0.5) is 9.59 Å². The molecule has 1 aliphatic heterocycles. The number of hydrogen-bond donors (Lipinski definition) is 1. The third-order valence-electron chi connectivity index (χ3n) is 4.05. The van der Waals surface area contributed by atoms with Gasteiger partial charge < -0.3 is 19.7 Å². The molecule has 29 heavy (non-hydrogen) atoms. The molecule has 2 amide bonds. The molecule has 0 atom stereocenters. The Labute approximate surface area is 172 Å². The minimum absolute atomic E-state index is 0.225. The molecule has 0 unspecified atom stereocenters. The summed E-state index contributed by atoms with van der Waals surface area (Å²) in [6, 6.07) is 16.6. The van der Waals surface area contributed by atoms with Crippen LogP contribution >= 0.6 is 11.8 Å². The lowest BCUT2D eigenvalue weighted by Crippen LogP contribution is -2.31. The first-order valence-corrected chi connectivity index (χ1v) is 9.72. The second-order valence-corrected chi connectivity index (χ2v) is 7.18. The maximum Gasteiger partial charge on any atom is 0.409 e. The second kappa shape index (κ2) is 9.79. The molecular weight excluding hydrogens is 392 g/mol. The van der Waals surface area contributed by atoms with Crippen LogP contribution in [0.25, 0.3) is 6.08 Å². The largest absolute Gasteiger partial charge is 0.492 e. The van der Waals surface area contributed by atoms with E-state index in [1.54, 1.807) is 37.4 Å². The van der Waals surface area contributed by atoms with Crippen LogP contribution in [-0.4, -0.2) is 41.5 Å². The first kappa shape index (κ1) is 20.5. The number of ether oxygens (including phenoxy) is 2. The van der Waals surface area contributed by atoms with Crippen LogP contribution in [0, 0.1) is 0 Å². The fourth-order valence-corrected chi connectivity index (χ4v) is 3.02. The highest BCUT2D eigenvalue weighted by atomic mass is 32.2. The Morgan fingerprint density at radius 2 is 1.83 bits per heavy atom.